The molecule has 2 atom stereocenters. The summed E-state index contributed by atoms with van der Waals surface area (Å²) < 4.78 is 3.79. The number of benzene rings is 1. The molecule has 0 saturated heterocycles. The summed E-state index contributed by atoms with van der Waals surface area (Å²) >= 11 is 1.55. The molecule has 0 radical (unpaired) electrons. The molecule has 29 heavy (non-hydrogen) atoms. The fourth-order valence-electron chi connectivity index (χ4n) is 3.64. The molecule has 1 aromatic heterocycles. The van der Waals surface area contributed by atoms with E-state index >= 15 is 0 Å². The molecule has 1 aromatic carbocycles. The van der Waals surface area contributed by atoms with Crippen LogP contribution in [-0.2, 0) is 6.42 Å². The predicted octanol–water partition coefficient (Wildman–Crippen LogP) is 3.08. The molecule has 0 bridgehead atoms. The molecule has 0 fully saturated rings. The average Bonchev–Trinajstić information content (AvgIpc) is 2.90. The van der Waals surface area contributed by atoms with Crippen LogP contribution in [0.3, 0.4) is 0 Å². The first-order valence-electron chi connectivity index (χ1n) is 9.54. The van der Waals surface area contributed by atoms with Crippen LogP contribution in [0.5, 0.6) is 0 Å². The van der Waals surface area contributed by atoms with Crippen LogP contribution in [0.25, 0.3) is 0 Å². The van der Waals surface area contributed by atoms with E-state index in [0.717, 1.165) is 30.7 Å². The number of thioether (sulfide) groups is 1. The molecule has 0 spiro atoms. The molecule has 0 aliphatic heterocycles. The van der Waals surface area contributed by atoms with Crippen molar-refractivity contribution in [1.82, 2.24) is 9.65 Å². The molecule has 6 nitrogen and oxygen atoms in total. The monoisotopic (exact) mass is 406 g/mol. The van der Waals surface area contributed by atoms with E-state index in [1.807, 2.05) is 12.1 Å². The first-order valence-corrected chi connectivity index (χ1v) is 10.5. The average molecular weight is 407 g/mol. The zero-order valence-corrected chi connectivity index (χ0v) is 17.2. The van der Waals surface area contributed by atoms with Crippen molar-refractivity contribution in [2.75, 3.05) is 11.1 Å². The molecule has 3 rings (SSSR count). The van der Waals surface area contributed by atoms with Gasteiger partial charge in [-0.15, -0.1) is 0 Å². The lowest BCUT2D eigenvalue weighted by Crippen LogP contribution is -2.18. The van der Waals surface area contributed by atoms with E-state index in [1.165, 1.54) is 17.3 Å². The minimum Gasteiger partial charge on any atom is -0.321 e. The Bertz CT molecular complexity index is 989. The van der Waals surface area contributed by atoms with Gasteiger partial charge in [0.25, 0.3) is 5.91 Å². The van der Waals surface area contributed by atoms with Gasteiger partial charge in [0.1, 0.15) is 11.8 Å². The topological polar surface area (TPSA) is 106 Å². The summed E-state index contributed by atoms with van der Waals surface area (Å²) in [5.74, 6) is 1.44. The predicted molar refractivity (Wildman–Crippen MR) is 119 cm³/mol. The second-order valence-electron chi connectivity index (χ2n) is 7.16. The van der Waals surface area contributed by atoms with Crippen LogP contribution in [0.4, 0.5) is 5.69 Å². The number of nitrogens with one attached hydrogen (secondary N) is 1. The molecule has 3 N–H and O–H groups in total. The maximum absolute atomic E-state index is 12.5. The zero-order valence-electron chi connectivity index (χ0n) is 16.4. The van der Waals surface area contributed by atoms with Gasteiger partial charge in [-0.2, -0.15) is 5.26 Å². The van der Waals surface area contributed by atoms with E-state index in [9.17, 15) is 4.79 Å². The van der Waals surface area contributed by atoms with Crippen molar-refractivity contribution in [2.45, 2.75) is 32.1 Å². The molecule has 1 amide bonds. The number of fused-ring (bicyclic) bond motifs is 1. The number of carbonyl (C=O) groups is 1. The molecular weight excluding hydrogens is 382 g/mol. The quantitative estimate of drug-likeness (QED) is 0.351. The van der Waals surface area contributed by atoms with Gasteiger partial charge < -0.3 is 5.32 Å². The van der Waals surface area contributed by atoms with E-state index in [2.05, 4.69) is 40.7 Å². The summed E-state index contributed by atoms with van der Waals surface area (Å²) in [6, 6.07) is 11.3. The highest BCUT2D eigenvalue weighted by Crippen LogP contribution is 2.37. The van der Waals surface area contributed by atoms with Gasteiger partial charge in [0.2, 0.25) is 0 Å². The van der Waals surface area contributed by atoms with E-state index < -0.39 is 0 Å². The van der Waals surface area contributed by atoms with E-state index in [0.29, 0.717) is 22.6 Å². The summed E-state index contributed by atoms with van der Waals surface area (Å²) in [6.07, 6.45) is 4.69. The first-order chi connectivity index (χ1) is 14.0. The fraction of sp³-hybridized carbons (Fsp3) is 0.318. The van der Waals surface area contributed by atoms with Gasteiger partial charge >= 0.3 is 5.17 Å². The van der Waals surface area contributed by atoms with E-state index in [-0.39, 0.29) is 11.6 Å². The number of pyridine rings is 1. The first kappa shape index (κ1) is 20.7. The van der Waals surface area contributed by atoms with Crippen molar-refractivity contribution in [2.24, 2.45) is 11.7 Å². The summed E-state index contributed by atoms with van der Waals surface area (Å²) in [5.41, 5.74) is 9.86. The van der Waals surface area contributed by atoms with Crippen LogP contribution < -0.4 is 15.7 Å². The maximum atomic E-state index is 12.5. The van der Waals surface area contributed by atoms with Gasteiger partial charge in [-0.3, -0.25) is 10.5 Å². The summed E-state index contributed by atoms with van der Waals surface area (Å²) in [4.78, 5) is 16.6. The number of nitrogens with two attached hydrogens (primary N) is 1. The number of nitrogens with zero attached hydrogens (tertiary/aromatic N) is 3. The van der Waals surface area contributed by atoms with Crippen molar-refractivity contribution < 1.29 is 4.79 Å². The van der Waals surface area contributed by atoms with Crippen LogP contribution in [0.1, 0.15) is 52.9 Å². The molecule has 1 aliphatic rings. The van der Waals surface area contributed by atoms with Gasteiger partial charge in [0, 0.05) is 17.6 Å². The fourth-order valence-corrected chi connectivity index (χ4v) is 4.57. The number of hydrogen-bond acceptors (Lipinski definition) is 4. The molecule has 1 aliphatic carbocycles. The lowest BCUT2D eigenvalue weighted by atomic mass is 9.86. The third kappa shape index (κ3) is 5.05. The van der Waals surface area contributed by atoms with Crippen molar-refractivity contribution in [3.05, 3.63) is 58.9 Å². The number of carbonyl (C=O) groups excluding carboxylic acids is 1. The Morgan fingerprint density at radius 3 is 2.97 bits per heavy atom. The van der Waals surface area contributed by atoms with Gasteiger partial charge in [0.05, 0.1) is 5.56 Å². The van der Waals surface area contributed by atoms with Crippen molar-refractivity contribution in [3.8, 4) is 6.07 Å². The number of aryl methyl sites for hydroxylation is 1. The molecule has 0 saturated carbocycles. The van der Waals surface area contributed by atoms with Crippen LogP contribution in [-0.4, -0.2) is 28.5 Å². The number of amides is 1. The number of aromatic nitrogens is 1. The van der Waals surface area contributed by atoms with Gasteiger partial charge in [0.15, 0.2) is 6.72 Å². The molecule has 148 valence electrons. The Balaban J connectivity index is 1.77. The second-order valence-corrected chi connectivity index (χ2v) is 8.20. The zero-order chi connectivity index (χ0) is 20.8. The van der Waals surface area contributed by atoms with Gasteiger partial charge in [-0.05, 0) is 78.3 Å². The second kappa shape index (κ2) is 9.42. The Morgan fingerprint density at radius 2 is 2.28 bits per heavy atom. The van der Waals surface area contributed by atoms with Crippen LogP contribution in [0.2, 0.25) is 0 Å². The standard InChI is InChI=1S/C22H23N5OS/c1-14-17(13-29-22(24)25-2)5-3-4-16-7-8-18(10-19(14)16)27-21(28)20-9-6-15(11-23)12-26-20/h6-10,12,14,17,24H,2-5,13H2,1H3,(H,27,28)/p+1. The van der Waals surface area contributed by atoms with Crippen molar-refractivity contribution in [1.29, 1.82) is 5.26 Å². The smallest absolute Gasteiger partial charge is 0.321 e. The summed E-state index contributed by atoms with van der Waals surface area (Å²) in [5, 5.41) is 12.3. The Morgan fingerprint density at radius 1 is 1.45 bits per heavy atom. The third-order valence-corrected chi connectivity index (χ3v) is 6.37. The molecular formula is C22H24N5OS+. The van der Waals surface area contributed by atoms with Crippen LogP contribution in [0, 0.1) is 17.2 Å². The van der Waals surface area contributed by atoms with E-state index in [1.54, 1.807) is 23.9 Å². The Hall–Kier alpha value is -3.07. The number of anilines is 1. The van der Waals surface area contributed by atoms with Crippen LogP contribution in [0.15, 0.2) is 36.5 Å². The third-order valence-electron chi connectivity index (χ3n) is 5.35. The number of hydrogen-bond donors (Lipinski definition) is 2. The summed E-state index contributed by atoms with van der Waals surface area (Å²) in [6.45, 7) is 5.71. The van der Waals surface area contributed by atoms with Gasteiger partial charge in [-0.25, -0.2) is 9.65 Å². The largest absolute Gasteiger partial charge is 0.401 e. The van der Waals surface area contributed by atoms with Crippen molar-refractivity contribution in [3.63, 3.8) is 0 Å². The number of rotatable bonds is 4. The highest BCUT2D eigenvalue weighted by atomic mass is 32.2. The summed E-state index contributed by atoms with van der Waals surface area (Å²) in [7, 11) is 0. The van der Waals surface area contributed by atoms with Crippen LogP contribution >= 0.6 is 11.8 Å². The highest BCUT2D eigenvalue weighted by molar-refractivity contribution is 8.13. The minimum absolute atomic E-state index is 0.282. The number of nitriles is 1. The molecule has 7 heteroatoms. The lowest BCUT2D eigenvalue weighted by molar-refractivity contribution is 0.102. The SMILES string of the molecule is C=[N+]=C(N)SCC1CCCc2ccc(NC(=O)c3ccc(C#N)cn3)cc2C1C. The lowest BCUT2D eigenvalue weighted by Gasteiger charge is -2.22. The maximum Gasteiger partial charge on any atom is 0.401 e. The normalized spacial score (nSPS) is 17.9. The number of amidine groups is 1. The van der Waals surface area contributed by atoms with Crippen molar-refractivity contribution >= 4 is 35.2 Å². The molecule has 2 aromatic rings. The Labute approximate surface area is 175 Å². The van der Waals surface area contributed by atoms with Gasteiger partial charge in [-0.1, -0.05) is 13.0 Å². The minimum atomic E-state index is -0.290. The Kier molecular flexibility index (Phi) is 6.71. The van der Waals surface area contributed by atoms with E-state index in [4.69, 9.17) is 11.0 Å². The molecule has 1 heterocycles. The highest BCUT2D eigenvalue weighted by Gasteiger charge is 2.26. The molecule has 2 unspecified atom stereocenters.